The zero-order valence-electron chi connectivity index (χ0n) is 20.7. The molecule has 0 aliphatic carbocycles. The number of hydrogen-bond donors (Lipinski definition) is 4. The van der Waals surface area contributed by atoms with Crippen molar-refractivity contribution in [3.8, 4) is 0 Å². The Morgan fingerprint density at radius 1 is 1.06 bits per heavy atom. The van der Waals surface area contributed by atoms with Crippen LogP contribution in [0.15, 0.2) is 34.8 Å². The number of halogens is 1. The predicted molar refractivity (Wildman–Crippen MR) is 136 cm³/mol. The summed E-state index contributed by atoms with van der Waals surface area (Å²) in [5.74, 6) is -0.800. The lowest BCUT2D eigenvalue weighted by Gasteiger charge is -2.60. The Bertz CT molecular complexity index is 1160. The first-order valence-electron chi connectivity index (χ1n) is 11.3. The van der Waals surface area contributed by atoms with Crippen molar-refractivity contribution in [2.75, 3.05) is 12.0 Å². The van der Waals surface area contributed by atoms with Crippen molar-refractivity contribution >= 4 is 50.7 Å². The van der Waals surface area contributed by atoms with Crippen molar-refractivity contribution in [1.29, 1.82) is 0 Å². The highest BCUT2D eigenvalue weighted by atomic mass is 79.9. The number of hydrazine groups is 2. The van der Waals surface area contributed by atoms with Gasteiger partial charge in [-0.2, -0.15) is 5.01 Å². The Balaban J connectivity index is 2.09. The normalized spacial score (nSPS) is 21.1. The molecule has 1 aliphatic rings. The Morgan fingerprint density at radius 2 is 1.69 bits per heavy atom. The summed E-state index contributed by atoms with van der Waals surface area (Å²) in [6.07, 6.45) is -2.64. The van der Waals surface area contributed by atoms with Crippen LogP contribution in [0.25, 0.3) is 10.9 Å². The fraction of sp³-hybridized carbons (Fsp3) is 0.500. The average Bonchev–Trinajstić information content (AvgIpc) is 2.74. The van der Waals surface area contributed by atoms with E-state index in [4.69, 9.17) is 0 Å². The van der Waals surface area contributed by atoms with Gasteiger partial charge < -0.3 is 10.2 Å². The molecule has 0 spiro atoms. The van der Waals surface area contributed by atoms with Gasteiger partial charge in [0.15, 0.2) is 5.54 Å². The van der Waals surface area contributed by atoms with E-state index < -0.39 is 40.4 Å². The Labute approximate surface area is 212 Å². The van der Waals surface area contributed by atoms with Crippen molar-refractivity contribution in [1.82, 2.24) is 20.4 Å². The van der Waals surface area contributed by atoms with Crippen LogP contribution in [-0.4, -0.2) is 55.4 Å². The summed E-state index contributed by atoms with van der Waals surface area (Å²) in [5, 5.41) is 22.4. The van der Waals surface area contributed by atoms with Gasteiger partial charge in [0.1, 0.15) is 5.82 Å². The first kappa shape index (κ1) is 26.5. The molecule has 0 bridgehead atoms. The number of carbonyl (C=O) groups excluding carboxylic acids is 1. The molecule has 2 heterocycles. The third-order valence-corrected chi connectivity index (χ3v) is 7.10. The Kier molecular flexibility index (Phi) is 6.95. The second-order valence-electron chi connectivity index (χ2n) is 10.8. The summed E-state index contributed by atoms with van der Waals surface area (Å²) >= 11 is 3.42. The van der Waals surface area contributed by atoms with E-state index in [0.29, 0.717) is 22.8 Å². The maximum absolute atomic E-state index is 14.1. The van der Waals surface area contributed by atoms with Crippen molar-refractivity contribution in [2.24, 2.45) is 16.7 Å². The van der Waals surface area contributed by atoms with Crippen molar-refractivity contribution in [3.63, 3.8) is 0 Å². The standard InChI is InChI=1S/C24H32BrN5O5/c1-22(2,3)17-11-12-29(20(32)33)30(21(34)35)24(17,23(4,5)6)19(31)28-27-18-10-8-14-7-9-15(25)13-16(14)26-18/h7-10,13,17H,11-12H2,1-6H3,(H,26,27)(H,28,31)(H,32,33)(H,34,35)/t17?,24-/m1/s1. The van der Waals surface area contributed by atoms with Gasteiger partial charge in [-0.15, -0.1) is 0 Å². The van der Waals surface area contributed by atoms with E-state index in [1.165, 1.54) is 0 Å². The number of hydrogen-bond acceptors (Lipinski definition) is 5. The van der Waals surface area contributed by atoms with E-state index in [-0.39, 0.29) is 6.54 Å². The number of nitrogens with one attached hydrogen (secondary N) is 2. The van der Waals surface area contributed by atoms with Crippen LogP contribution in [0, 0.1) is 16.7 Å². The molecule has 4 N–H and O–H groups in total. The quantitative estimate of drug-likeness (QED) is 0.388. The van der Waals surface area contributed by atoms with Crippen LogP contribution in [0.2, 0.25) is 0 Å². The van der Waals surface area contributed by atoms with Crippen molar-refractivity contribution in [2.45, 2.75) is 53.5 Å². The average molecular weight is 550 g/mol. The number of pyridine rings is 1. The largest absolute Gasteiger partial charge is 0.464 e. The van der Waals surface area contributed by atoms with Gasteiger partial charge in [-0.25, -0.2) is 19.6 Å². The van der Waals surface area contributed by atoms with Crippen LogP contribution < -0.4 is 10.9 Å². The molecule has 0 saturated carbocycles. The SMILES string of the molecule is CC(C)(C)C1CCN(C(=O)O)N(C(=O)O)[C@]1(C(=O)NNc1ccc2ccc(Br)cc2n1)C(C)(C)C. The van der Waals surface area contributed by atoms with E-state index in [1.807, 2.05) is 45.0 Å². The number of rotatable bonds is 3. The zero-order chi connectivity index (χ0) is 26.3. The number of fused-ring (bicyclic) bond motifs is 1. The molecule has 10 nitrogen and oxygen atoms in total. The lowest BCUT2D eigenvalue weighted by atomic mass is 9.56. The summed E-state index contributed by atoms with van der Waals surface area (Å²) in [5.41, 5.74) is 2.91. The van der Waals surface area contributed by atoms with Gasteiger partial charge in [0, 0.05) is 22.3 Å². The fourth-order valence-electron chi connectivity index (χ4n) is 5.20. The van der Waals surface area contributed by atoms with Gasteiger partial charge >= 0.3 is 12.2 Å². The second kappa shape index (κ2) is 9.18. The first-order valence-corrected chi connectivity index (χ1v) is 12.1. The molecule has 2 aromatic rings. The van der Waals surface area contributed by atoms with Gasteiger partial charge in [-0.1, -0.05) is 63.5 Å². The third-order valence-electron chi connectivity index (χ3n) is 6.60. The number of carbonyl (C=O) groups is 3. The molecule has 1 unspecified atom stereocenters. The number of benzene rings is 1. The fourth-order valence-corrected chi connectivity index (χ4v) is 5.55. The van der Waals surface area contributed by atoms with Crippen LogP contribution in [0.5, 0.6) is 0 Å². The Hall–Kier alpha value is -3.08. The molecular formula is C24H32BrN5O5. The predicted octanol–water partition coefficient (Wildman–Crippen LogP) is 5.17. The topological polar surface area (TPSA) is 135 Å². The number of nitrogens with zero attached hydrogens (tertiary/aromatic N) is 3. The van der Waals surface area contributed by atoms with Crippen LogP contribution in [-0.2, 0) is 4.79 Å². The zero-order valence-corrected chi connectivity index (χ0v) is 22.3. The number of anilines is 1. The molecule has 1 saturated heterocycles. The van der Waals surface area contributed by atoms with E-state index in [9.17, 15) is 24.6 Å². The molecule has 0 radical (unpaired) electrons. The molecule has 1 aliphatic heterocycles. The van der Waals surface area contributed by atoms with Gasteiger partial charge in [-0.05, 0) is 41.5 Å². The molecule has 190 valence electrons. The van der Waals surface area contributed by atoms with Gasteiger partial charge in [0.2, 0.25) is 0 Å². The first-order chi connectivity index (χ1) is 16.1. The molecule has 11 heteroatoms. The smallest absolute Gasteiger partial charge is 0.427 e. The minimum absolute atomic E-state index is 0.0385. The van der Waals surface area contributed by atoms with Crippen LogP contribution in [0.3, 0.4) is 0 Å². The number of carboxylic acid groups (broad SMARTS) is 2. The number of amides is 3. The lowest BCUT2D eigenvalue weighted by Crippen LogP contribution is -2.79. The van der Waals surface area contributed by atoms with Gasteiger partial charge in [-0.3, -0.25) is 15.6 Å². The molecule has 1 aromatic heterocycles. The maximum Gasteiger partial charge on any atom is 0.427 e. The van der Waals surface area contributed by atoms with Crippen LogP contribution >= 0.6 is 15.9 Å². The van der Waals surface area contributed by atoms with E-state index in [0.717, 1.165) is 14.9 Å². The summed E-state index contributed by atoms with van der Waals surface area (Å²) in [6.45, 7) is 11.0. The summed E-state index contributed by atoms with van der Waals surface area (Å²) in [4.78, 5) is 43.2. The van der Waals surface area contributed by atoms with E-state index >= 15 is 0 Å². The van der Waals surface area contributed by atoms with E-state index in [1.54, 1.807) is 26.8 Å². The third kappa shape index (κ3) is 4.73. The summed E-state index contributed by atoms with van der Waals surface area (Å²) < 4.78 is 0.853. The summed E-state index contributed by atoms with van der Waals surface area (Å²) in [6, 6.07) is 9.19. The second-order valence-corrected chi connectivity index (χ2v) is 11.8. The molecule has 35 heavy (non-hydrogen) atoms. The molecule has 2 atom stereocenters. The van der Waals surface area contributed by atoms with Crippen molar-refractivity contribution < 1.29 is 24.6 Å². The molecule has 3 rings (SSSR count). The van der Waals surface area contributed by atoms with Gasteiger partial charge in [0.25, 0.3) is 5.91 Å². The summed E-state index contributed by atoms with van der Waals surface area (Å²) in [7, 11) is 0. The molecule has 3 amide bonds. The monoisotopic (exact) mass is 549 g/mol. The van der Waals surface area contributed by atoms with Crippen LogP contribution in [0.4, 0.5) is 15.4 Å². The van der Waals surface area contributed by atoms with Crippen molar-refractivity contribution in [3.05, 3.63) is 34.8 Å². The maximum atomic E-state index is 14.1. The van der Waals surface area contributed by atoms with Crippen LogP contribution in [0.1, 0.15) is 48.0 Å². The molecule has 1 aromatic carbocycles. The highest BCUT2D eigenvalue weighted by Gasteiger charge is 2.66. The Morgan fingerprint density at radius 3 is 2.23 bits per heavy atom. The molecular weight excluding hydrogens is 518 g/mol. The minimum Gasteiger partial charge on any atom is -0.464 e. The highest BCUT2D eigenvalue weighted by Crippen LogP contribution is 2.53. The minimum atomic E-state index is -1.75. The number of aromatic nitrogens is 1. The molecule has 1 fully saturated rings. The highest BCUT2D eigenvalue weighted by molar-refractivity contribution is 9.10. The van der Waals surface area contributed by atoms with Gasteiger partial charge in [0.05, 0.1) is 5.52 Å². The lowest BCUT2D eigenvalue weighted by molar-refractivity contribution is -0.195. The van der Waals surface area contributed by atoms with E-state index in [2.05, 4.69) is 31.8 Å².